The number of hydrogen-bond acceptors (Lipinski definition) is 4. The van der Waals surface area contributed by atoms with E-state index in [2.05, 4.69) is 5.32 Å². The van der Waals surface area contributed by atoms with E-state index in [4.69, 9.17) is 15.2 Å². The second kappa shape index (κ2) is 9.56. The first-order valence-corrected chi connectivity index (χ1v) is 5.58. The first-order chi connectivity index (χ1) is 8.26. The van der Waals surface area contributed by atoms with Gasteiger partial charge >= 0.3 is 0 Å². The SMILES string of the molecule is CCOc1ccc(OCC(=O)NCCN)cc1.Cl. The molecule has 0 unspecified atom stereocenters. The molecule has 1 amide bonds. The molecule has 102 valence electrons. The van der Waals surface area contributed by atoms with Crippen LogP contribution in [0.1, 0.15) is 6.92 Å². The van der Waals surface area contributed by atoms with Crippen LogP contribution in [0.15, 0.2) is 24.3 Å². The fourth-order valence-electron chi connectivity index (χ4n) is 1.21. The van der Waals surface area contributed by atoms with Crippen LogP contribution in [-0.4, -0.2) is 32.2 Å². The zero-order chi connectivity index (χ0) is 12.5. The highest BCUT2D eigenvalue weighted by Crippen LogP contribution is 2.17. The van der Waals surface area contributed by atoms with Gasteiger partial charge in [0.05, 0.1) is 6.61 Å². The number of carbonyl (C=O) groups is 1. The van der Waals surface area contributed by atoms with Crippen LogP contribution in [-0.2, 0) is 4.79 Å². The van der Waals surface area contributed by atoms with E-state index < -0.39 is 0 Å². The summed E-state index contributed by atoms with van der Waals surface area (Å²) >= 11 is 0. The maximum atomic E-state index is 11.2. The number of benzene rings is 1. The van der Waals surface area contributed by atoms with Crippen molar-refractivity contribution in [1.82, 2.24) is 5.32 Å². The lowest BCUT2D eigenvalue weighted by atomic mass is 10.3. The Bertz CT molecular complexity index is 344. The van der Waals surface area contributed by atoms with Crippen molar-refractivity contribution in [3.8, 4) is 11.5 Å². The van der Waals surface area contributed by atoms with Crippen molar-refractivity contribution in [3.63, 3.8) is 0 Å². The number of ether oxygens (including phenoxy) is 2. The van der Waals surface area contributed by atoms with E-state index in [9.17, 15) is 4.79 Å². The van der Waals surface area contributed by atoms with Crippen molar-refractivity contribution < 1.29 is 14.3 Å². The zero-order valence-corrected chi connectivity index (χ0v) is 11.2. The Hall–Kier alpha value is -1.46. The molecular formula is C12H19ClN2O3. The summed E-state index contributed by atoms with van der Waals surface area (Å²) < 4.78 is 10.6. The van der Waals surface area contributed by atoms with Crippen molar-refractivity contribution in [2.45, 2.75) is 6.92 Å². The molecule has 0 heterocycles. The topological polar surface area (TPSA) is 73.6 Å². The lowest BCUT2D eigenvalue weighted by Crippen LogP contribution is -2.32. The van der Waals surface area contributed by atoms with Crippen LogP contribution in [0, 0.1) is 0 Å². The average Bonchev–Trinajstić information content (AvgIpc) is 2.36. The quantitative estimate of drug-likeness (QED) is 0.777. The normalized spacial score (nSPS) is 9.22. The highest BCUT2D eigenvalue weighted by molar-refractivity contribution is 5.85. The highest BCUT2D eigenvalue weighted by Gasteiger charge is 2.01. The Balaban J connectivity index is 0.00000289. The van der Waals surface area contributed by atoms with Crippen LogP contribution in [0.4, 0.5) is 0 Å². The fourth-order valence-corrected chi connectivity index (χ4v) is 1.21. The Morgan fingerprint density at radius 2 is 1.78 bits per heavy atom. The summed E-state index contributed by atoms with van der Waals surface area (Å²) in [5.74, 6) is 1.24. The van der Waals surface area contributed by atoms with Crippen molar-refractivity contribution in [1.29, 1.82) is 0 Å². The van der Waals surface area contributed by atoms with Gasteiger partial charge < -0.3 is 20.5 Å². The summed E-state index contributed by atoms with van der Waals surface area (Å²) in [5.41, 5.74) is 5.26. The molecule has 6 heteroatoms. The van der Waals surface area contributed by atoms with Gasteiger partial charge in [0.25, 0.3) is 5.91 Å². The number of hydrogen-bond donors (Lipinski definition) is 2. The lowest BCUT2D eigenvalue weighted by molar-refractivity contribution is -0.123. The van der Waals surface area contributed by atoms with Crippen molar-refractivity contribution in [2.24, 2.45) is 5.73 Å². The minimum atomic E-state index is -0.177. The third-order valence-corrected chi connectivity index (χ3v) is 1.97. The Morgan fingerprint density at radius 1 is 1.22 bits per heavy atom. The monoisotopic (exact) mass is 274 g/mol. The van der Waals surface area contributed by atoms with Gasteiger partial charge in [-0.05, 0) is 31.2 Å². The number of rotatable bonds is 7. The molecule has 1 aromatic rings. The predicted molar refractivity (Wildman–Crippen MR) is 72.4 cm³/mol. The van der Waals surface area contributed by atoms with E-state index >= 15 is 0 Å². The summed E-state index contributed by atoms with van der Waals surface area (Å²) in [7, 11) is 0. The van der Waals surface area contributed by atoms with Gasteiger partial charge in [-0.25, -0.2) is 0 Å². The summed E-state index contributed by atoms with van der Waals surface area (Å²) in [5, 5.41) is 2.62. The first-order valence-electron chi connectivity index (χ1n) is 5.58. The molecule has 1 aromatic carbocycles. The van der Waals surface area contributed by atoms with Gasteiger partial charge in [-0.3, -0.25) is 4.79 Å². The first kappa shape index (κ1) is 16.5. The molecule has 0 aromatic heterocycles. The molecule has 0 aliphatic carbocycles. The summed E-state index contributed by atoms with van der Waals surface area (Å²) in [6, 6.07) is 7.13. The van der Waals surface area contributed by atoms with Crippen molar-refractivity contribution in [3.05, 3.63) is 24.3 Å². The summed E-state index contributed by atoms with van der Waals surface area (Å²) in [6.07, 6.45) is 0. The highest BCUT2D eigenvalue weighted by atomic mass is 35.5. The largest absolute Gasteiger partial charge is 0.494 e. The molecule has 0 bridgehead atoms. The van der Waals surface area contributed by atoms with E-state index in [1.165, 1.54) is 0 Å². The van der Waals surface area contributed by atoms with Crippen LogP contribution >= 0.6 is 12.4 Å². The van der Waals surface area contributed by atoms with Crippen LogP contribution < -0.4 is 20.5 Å². The van der Waals surface area contributed by atoms with Gasteiger partial charge in [0.1, 0.15) is 11.5 Å². The number of halogens is 1. The zero-order valence-electron chi connectivity index (χ0n) is 10.3. The molecule has 5 nitrogen and oxygen atoms in total. The van der Waals surface area contributed by atoms with Crippen LogP contribution in [0.2, 0.25) is 0 Å². The molecule has 0 spiro atoms. The molecule has 0 aliphatic rings. The summed E-state index contributed by atoms with van der Waals surface area (Å²) in [6.45, 7) is 3.43. The van der Waals surface area contributed by atoms with E-state index in [0.29, 0.717) is 25.4 Å². The maximum absolute atomic E-state index is 11.2. The van der Waals surface area contributed by atoms with Gasteiger partial charge in [0, 0.05) is 13.1 Å². The average molecular weight is 275 g/mol. The molecule has 1 rings (SSSR count). The van der Waals surface area contributed by atoms with Gasteiger partial charge in [-0.15, -0.1) is 12.4 Å². The van der Waals surface area contributed by atoms with E-state index in [0.717, 1.165) is 5.75 Å². The van der Waals surface area contributed by atoms with Crippen molar-refractivity contribution >= 4 is 18.3 Å². The van der Waals surface area contributed by atoms with Gasteiger partial charge in [0.15, 0.2) is 6.61 Å². The third kappa shape index (κ3) is 6.32. The second-order valence-corrected chi connectivity index (χ2v) is 3.33. The predicted octanol–water partition coefficient (Wildman–Crippen LogP) is 0.961. The fraction of sp³-hybridized carbons (Fsp3) is 0.417. The maximum Gasteiger partial charge on any atom is 0.257 e. The molecule has 0 fully saturated rings. The van der Waals surface area contributed by atoms with E-state index in [1.807, 2.05) is 6.92 Å². The third-order valence-electron chi connectivity index (χ3n) is 1.97. The smallest absolute Gasteiger partial charge is 0.257 e. The number of amides is 1. The molecule has 0 saturated carbocycles. The number of carbonyl (C=O) groups excluding carboxylic acids is 1. The standard InChI is InChI=1S/C12H18N2O3.ClH/c1-2-16-10-3-5-11(6-4-10)17-9-12(15)14-8-7-13;/h3-6H,2,7-9,13H2,1H3,(H,14,15);1H. The molecule has 0 aliphatic heterocycles. The van der Waals surface area contributed by atoms with Crippen LogP contribution in [0.25, 0.3) is 0 Å². The number of nitrogens with two attached hydrogens (primary N) is 1. The Kier molecular flexibility index (Phi) is 8.78. The Morgan fingerprint density at radius 3 is 2.28 bits per heavy atom. The molecule has 0 radical (unpaired) electrons. The Labute approximate surface area is 113 Å². The van der Waals surface area contributed by atoms with Gasteiger partial charge in [-0.2, -0.15) is 0 Å². The number of nitrogens with one attached hydrogen (secondary N) is 1. The van der Waals surface area contributed by atoms with Crippen LogP contribution in [0.3, 0.4) is 0 Å². The van der Waals surface area contributed by atoms with Crippen LogP contribution in [0.5, 0.6) is 11.5 Å². The lowest BCUT2D eigenvalue weighted by Gasteiger charge is -2.07. The van der Waals surface area contributed by atoms with Crippen molar-refractivity contribution in [2.75, 3.05) is 26.3 Å². The van der Waals surface area contributed by atoms with E-state index in [-0.39, 0.29) is 24.9 Å². The second-order valence-electron chi connectivity index (χ2n) is 3.33. The molecular weight excluding hydrogens is 256 g/mol. The molecule has 18 heavy (non-hydrogen) atoms. The van der Waals surface area contributed by atoms with Gasteiger partial charge in [-0.1, -0.05) is 0 Å². The summed E-state index contributed by atoms with van der Waals surface area (Å²) in [4.78, 5) is 11.2. The minimum absolute atomic E-state index is 0. The van der Waals surface area contributed by atoms with Gasteiger partial charge in [0.2, 0.25) is 0 Å². The minimum Gasteiger partial charge on any atom is -0.494 e. The molecule has 3 N–H and O–H groups in total. The van der Waals surface area contributed by atoms with E-state index in [1.54, 1.807) is 24.3 Å². The molecule has 0 atom stereocenters. The molecule has 0 saturated heterocycles.